The van der Waals surface area contributed by atoms with E-state index in [9.17, 15) is 22.8 Å². The van der Waals surface area contributed by atoms with Crippen molar-refractivity contribution >= 4 is 23.4 Å². The van der Waals surface area contributed by atoms with Crippen LogP contribution in [-0.2, 0) is 13.1 Å². The lowest BCUT2D eigenvalue weighted by Crippen LogP contribution is -2.28. The highest BCUT2D eigenvalue weighted by molar-refractivity contribution is 5.99. The molecule has 36 heavy (non-hydrogen) atoms. The van der Waals surface area contributed by atoms with Gasteiger partial charge in [-0.3, -0.25) is 10.1 Å². The topological polar surface area (TPSA) is 115 Å². The number of halogens is 3. The molecule has 2 aromatic heterocycles. The Hall–Kier alpha value is -4.03. The number of urea groups is 1. The van der Waals surface area contributed by atoms with Crippen molar-refractivity contribution < 1.29 is 27.5 Å². The maximum absolute atomic E-state index is 12.8. The summed E-state index contributed by atoms with van der Waals surface area (Å²) in [5.41, 5.74) is 0.255. The van der Waals surface area contributed by atoms with Crippen molar-refractivity contribution in [1.82, 2.24) is 24.4 Å². The van der Waals surface area contributed by atoms with Gasteiger partial charge in [0.25, 0.3) is 5.91 Å². The zero-order valence-electron chi connectivity index (χ0n) is 19.5. The minimum absolute atomic E-state index is 0.185. The normalized spacial score (nSPS) is 13.3. The molecule has 4 rings (SSSR count). The van der Waals surface area contributed by atoms with Crippen LogP contribution in [0.2, 0.25) is 0 Å². The highest BCUT2D eigenvalue weighted by Gasteiger charge is 2.31. The van der Waals surface area contributed by atoms with Gasteiger partial charge < -0.3 is 24.5 Å². The summed E-state index contributed by atoms with van der Waals surface area (Å²) in [5, 5.41) is 7.93. The van der Waals surface area contributed by atoms with E-state index in [1.165, 1.54) is 12.1 Å². The highest BCUT2D eigenvalue weighted by Crippen LogP contribution is 2.31. The first-order chi connectivity index (χ1) is 17.2. The number of ether oxygens (including phenoxy) is 1. The first kappa shape index (κ1) is 25.1. The molecule has 10 nitrogen and oxygen atoms in total. The SMILES string of the molecule is Cc1nccn1CCCNC(=O)c1nc(NC(=O)Nc2ccc(OC(F)(F)F)cc2)cn1CC1CC1. The summed E-state index contributed by atoms with van der Waals surface area (Å²) in [6.45, 7) is 3.70. The highest BCUT2D eigenvalue weighted by atomic mass is 19.4. The van der Waals surface area contributed by atoms with Gasteiger partial charge in [-0.1, -0.05) is 0 Å². The summed E-state index contributed by atoms with van der Waals surface area (Å²) in [4.78, 5) is 33.6. The average molecular weight is 506 g/mol. The van der Waals surface area contributed by atoms with E-state index in [-0.39, 0.29) is 23.2 Å². The zero-order valence-corrected chi connectivity index (χ0v) is 19.5. The minimum atomic E-state index is -4.80. The van der Waals surface area contributed by atoms with Gasteiger partial charge in [0.05, 0.1) is 0 Å². The average Bonchev–Trinajstić information content (AvgIpc) is 3.39. The largest absolute Gasteiger partial charge is 0.573 e. The number of imidazole rings is 2. The number of nitrogens with zero attached hydrogens (tertiary/aromatic N) is 4. The van der Waals surface area contributed by atoms with Crippen LogP contribution in [0.4, 0.5) is 29.5 Å². The first-order valence-corrected chi connectivity index (χ1v) is 11.4. The van der Waals surface area contributed by atoms with Crippen LogP contribution >= 0.6 is 0 Å². The van der Waals surface area contributed by atoms with E-state index >= 15 is 0 Å². The van der Waals surface area contributed by atoms with Gasteiger partial charge in [0.2, 0.25) is 5.82 Å². The van der Waals surface area contributed by atoms with Crippen molar-refractivity contribution in [2.24, 2.45) is 5.92 Å². The maximum Gasteiger partial charge on any atom is 0.573 e. The van der Waals surface area contributed by atoms with Crippen LogP contribution in [0.3, 0.4) is 0 Å². The number of hydrogen-bond acceptors (Lipinski definition) is 5. The molecule has 3 amide bonds. The number of rotatable bonds is 10. The number of amides is 3. The maximum atomic E-state index is 12.8. The zero-order chi connectivity index (χ0) is 25.7. The Morgan fingerprint density at radius 2 is 1.89 bits per heavy atom. The quantitative estimate of drug-likeness (QED) is 0.358. The number of hydrogen-bond donors (Lipinski definition) is 3. The summed E-state index contributed by atoms with van der Waals surface area (Å²) in [6.07, 6.45) is 3.27. The van der Waals surface area contributed by atoms with Crippen molar-refractivity contribution in [2.45, 2.75) is 45.6 Å². The van der Waals surface area contributed by atoms with Gasteiger partial charge in [0, 0.05) is 43.9 Å². The molecule has 1 aliphatic rings. The molecule has 0 unspecified atom stereocenters. The molecule has 192 valence electrons. The van der Waals surface area contributed by atoms with Gasteiger partial charge in [-0.2, -0.15) is 0 Å². The lowest BCUT2D eigenvalue weighted by molar-refractivity contribution is -0.274. The fraction of sp³-hybridized carbons (Fsp3) is 0.391. The summed E-state index contributed by atoms with van der Waals surface area (Å²) < 4.78 is 44.4. The number of benzene rings is 1. The number of carbonyl (C=O) groups is 2. The van der Waals surface area contributed by atoms with E-state index in [0.29, 0.717) is 25.4 Å². The van der Waals surface area contributed by atoms with Crippen LogP contribution in [0.5, 0.6) is 5.75 Å². The summed E-state index contributed by atoms with van der Waals surface area (Å²) in [5.74, 6) is 1.01. The lowest BCUT2D eigenvalue weighted by Gasteiger charge is -2.10. The van der Waals surface area contributed by atoms with E-state index in [2.05, 4.69) is 30.7 Å². The van der Waals surface area contributed by atoms with E-state index in [0.717, 1.165) is 37.3 Å². The van der Waals surface area contributed by atoms with Crippen LogP contribution in [0.15, 0.2) is 42.9 Å². The Kier molecular flexibility index (Phi) is 7.46. The van der Waals surface area contributed by atoms with E-state index in [4.69, 9.17) is 0 Å². The van der Waals surface area contributed by atoms with Crippen molar-refractivity contribution in [3.05, 3.63) is 54.5 Å². The third-order valence-electron chi connectivity index (χ3n) is 5.50. The van der Waals surface area contributed by atoms with Crippen LogP contribution in [0, 0.1) is 12.8 Å². The molecule has 1 fully saturated rings. The molecule has 13 heteroatoms. The molecule has 1 saturated carbocycles. The van der Waals surface area contributed by atoms with Gasteiger partial charge in [0.1, 0.15) is 11.6 Å². The summed E-state index contributed by atoms with van der Waals surface area (Å²) in [6, 6.07) is 4.07. The molecule has 0 bridgehead atoms. The number of aryl methyl sites for hydroxylation is 2. The van der Waals surface area contributed by atoms with Crippen molar-refractivity contribution in [2.75, 3.05) is 17.2 Å². The second-order valence-corrected chi connectivity index (χ2v) is 8.47. The molecule has 0 saturated heterocycles. The molecule has 1 aromatic carbocycles. The van der Waals surface area contributed by atoms with E-state index < -0.39 is 18.1 Å². The Labute approximate surface area is 204 Å². The van der Waals surface area contributed by atoms with Gasteiger partial charge >= 0.3 is 12.4 Å². The molecule has 1 aliphatic carbocycles. The Bertz CT molecular complexity index is 1200. The molecule has 0 aliphatic heterocycles. The Morgan fingerprint density at radius 1 is 1.14 bits per heavy atom. The second kappa shape index (κ2) is 10.7. The van der Waals surface area contributed by atoms with Gasteiger partial charge in [0.15, 0.2) is 5.82 Å². The third-order valence-corrected chi connectivity index (χ3v) is 5.50. The lowest BCUT2D eigenvalue weighted by atomic mass is 10.3. The van der Waals surface area contributed by atoms with Crippen LogP contribution in [0.1, 0.15) is 35.7 Å². The van der Waals surface area contributed by atoms with Gasteiger partial charge in [-0.15, -0.1) is 13.2 Å². The smallest absolute Gasteiger partial charge is 0.406 e. The number of alkyl halides is 3. The monoisotopic (exact) mass is 505 g/mol. The van der Waals surface area contributed by atoms with Crippen LogP contribution < -0.4 is 20.7 Å². The standard InChI is InChI=1S/C23H26F3N7O3/c1-15-27-10-12-32(15)11-2-9-28-21(34)20-30-19(14-33(20)13-16-3-4-16)31-22(35)29-17-5-7-18(8-6-17)36-23(24,25)26/h5-8,10,12,14,16H,2-4,9,11,13H2,1H3,(H,28,34)(H2,29,31,35). The second-order valence-electron chi connectivity index (χ2n) is 8.47. The molecule has 3 N–H and O–H groups in total. The van der Waals surface area contributed by atoms with Gasteiger partial charge in [-0.25, -0.2) is 14.8 Å². The molecule has 0 spiro atoms. The number of carbonyl (C=O) groups excluding carboxylic acids is 2. The van der Waals surface area contributed by atoms with Crippen molar-refractivity contribution in [3.8, 4) is 5.75 Å². The van der Waals surface area contributed by atoms with Crippen molar-refractivity contribution in [3.63, 3.8) is 0 Å². The minimum Gasteiger partial charge on any atom is -0.406 e. The van der Waals surface area contributed by atoms with Crippen molar-refractivity contribution in [1.29, 1.82) is 0 Å². The molecule has 0 atom stereocenters. The number of anilines is 2. The molecule has 2 heterocycles. The summed E-state index contributed by atoms with van der Waals surface area (Å²) >= 11 is 0. The third kappa shape index (κ3) is 7.23. The van der Waals surface area contributed by atoms with Crippen LogP contribution in [0.25, 0.3) is 0 Å². The fourth-order valence-corrected chi connectivity index (χ4v) is 3.56. The Balaban J connectivity index is 1.33. The predicted molar refractivity (Wildman–Crippen MR) is 125 cm³/mol. The molecule has 3 aromatic rings. The molecular weight excluding hydrogens is 479 g/mol. The van der Waals surface area contributed by atoms with Gasteiger partial charge in [-0.05, 0) is 56.4 Å². The predicted octanol–water partition coefficient (Wildman–Crippen LogP) is 4.16. The Morgan fingerprint density at radius 3 is 2.53 bits per heavy atom. The molecule has 0 radical (unpaired) electrons. The fourth-order valence-electron chi connectivity index (χ4n) is 3.56. The van der Waals surface area contributed by atoms with Crippen LogP contribution in [-0.4, -0.2) is 43.9 Å². The van der Waals surface area contributed by atoms with E-state index in [1.54, 1.807) is 17.0 Å². The number of aromatic nitrogens is 4. The van der Waals surface area contributed by atoms with E-state index in [1.807, 2.05) is 17.7 Å². The summed E-state index contributed by atoms with van der Waals surface area (Å²) in [7, 11) is 0. The molecular formula is C23H26F3N7O3. The first-order valence-electron chi connectivity index (χ1n) is 11.4. The number of nitrogens with one attached hydrogen (secondary N) is 3.